The lowest BCUT2D eigenvalue weighted by molar-refractivity contribution is 0.174. The van der Waals surface area contributed by atoms with Crippen molar-refractivity contribution in [2.75, 3.05) is 27.6 Å². The summed E-state index contributed by atoms with van der Waals surface area (Å²) in [7, 11) is 3.55. The third kappa shape index (κ3) is 4.14. The Morgan fingerprint density at radius 2 is 1.67 bits per heavy atom. The van der Waals surface area contributed by atoms with Crippen LogP contribution in [-0.4, -0.2) is 32.5 Å². The molecule has 1 fully saturated rings. The molecule has 3 heterocycles. The van der Waals surface area contributed by atoms with Crippen molar-refractivity contribution < 1.29 is 18.9 Å². The molecule has 0 saturated heterocycles. The summed E-state index contributed by atoms with van der Waals surface area (Å²) in [5.74, 6) is 4.07. The summed E-state index contributed by atoms with van der Waals surface area (Å²) >= 11 is 0. The van der Waals surface area contributed by atoms with Gasteiger partial charge >= 0.3 is 0 Å². The molecule has 39 heavy (non-hydrogen) atoms. The molecule has 3 aliphatic heterocycles. The topological polar surface area (TPSA) is 40.2 Å². The number of fused-ring (bicyclic) bond motifs is 5. The van der Waals surface area contributed by atoms with Crippen LogP contribution in [0.15, 0.2) is 54.6 Å². The van der Waals surface area contributed by atoms with Gasteiger partial charge in [0, 0.05) is 23.4 Å². The highest BCUT2D eigenvalue weighted by Gasteiger charge is 2.43. The standard InChI is InChI=1S/C34H37NO4/c1-36-28-16-15-25-26(14-8-11-22-9-4-3-5-10-22)33-27-20-30-29(38-21-39-30)19-24(27)17-18-35(33)32(23-12-6-7-13-23)31(25)34(28)37-2/h3-5,9-10,15-16,19-20,23,32H,6-8,11-14,17-18,21H2,1-2H3/t32-/m0/s1. The summed E-state index contributed by atoms with van der Waals surface area (Å²) in [5, 5.41) is 0. The molecule has 0 radical (unpaired) electrons. The highest BCUT2D eigenvalue weighted by molar-refractivity contribution is 5.96. The molecule has 0 unspecified atom stereocenters. The number of hydrogen-bond donors (Lipinski definition) is 0. The zero-order valence-electron chi connectivity index (χ0n) is 23.0. The van der Waals surface area contributed by atoms with Crippen LogP contribution in [0.2, 0.25) is 0 Å². The first-order chi connectivity index (χ1) is 19.3. The molecule has 0 spiro atoms. The van der Waals surface area contributed by atoms with E-state index in [4.69, 9.17) is 18.9 Å². The van der Waals surface area contributed by atoms with Crippen LogP contribution >= 0.6 is 0 Å². The Bertz CT molecular complexity index is 1410. The first kappa shape index (κ1) is 24.4. The van der Waals surface area contributed by atoms with Crippen LogP contribution in [0.25, 0.3) is 11.3 Å². The van der Waals surface area contributed by atoms with E-state index in [9.17, 15) is 0 Å². The molecule has 7 rings (SSSR count). The zero-order valence-corrected chi connectivity index (χ0v) is 23.0. The van der Waals surface area contributed by atoms with E-state index in [0.29, 0.717) is 12.7 Å². The number of aryl methyl sites for hydroxylation is 1. The molecular formula is C34H37NO4. The maximum absolute atomic E-state index is 6.15. The van der Waals surface area contributed by atoms with Crippen LogP contribution in [0.1, 0.15) is 72.4 Å². The van der Waals surface area contributed by atoms with E-state index in [1.807, 2.05) is 0 Å². The fourth-order valence-electron chi connectivity index (χ4n) is 7.45. The number of rotatable bonds is 7. The van der Waals surface area contributed by atoms with Crippen molar-refractivity contribution in [3.63, 3.8) is 0 Å². The Balaban J connectivity index is 1.42. The molecule has 1 atom stereocenters. The Kier molecular flexibility index (Phi) is 6.38. The van der Waals surface area contributed by atoms with Gasteiger partial charge in [-0.1, -0.05) is 49.2 Å². The fourth-order valence-corrected chi connectivity index (χ4v) is 7.45. The van der Waals surface area contributed by atoms with Gasteiger partial charge in [-0.05, 0) is 84.9 Å². The second-order valence-electron chi connectivity index (χ2n) is 11.2. The van der Waals surface area contributed by atoms with Gasteiger partial charge in [0.15, 0.2) is 23.0 Å². The van der Waals surface area contributed by atoms with Crippen LogP contribution < -0.4 is 18.9 Å². The van der Waals surface area contributed by atoms with Crippen molar-refractivity contribution in [3.8, 4) is 23.0 Å². The molecule has 0 N–H and O–H groups in total. The van der Waals surface area contributed by atoms with Gasteiger partial charge in [0.05, 0.1) is 20.3 Å². The second-order valence-corrected chi connectivity index (χ2v) is 11.2. The molecule has 5 heteroatoms. The van der Waals surface area contributed by atoms with Crippen LogP contribution in [0, 0.1) is 5.92 Å². The number of allylic oxidation sites excluding steroid dienone is 1. The number of benzene rings is 3. The summed E-state index contributed by atoms with van der Waals surface area (Å²) in [6, 6.07) is 20.0. The minimum Gasteiger partial charge on any atom is -0.493 e. The summed E-state index contributed by atoms with van der Waals surface area (Å²) < 4.78 is 23.6. The number of ether oxygens (including phenoxy) is 4. The van der Waals surface area contributed by atoms with Gasteiger partial charge < -0.3 is 23.8 Å². The molecule has 202 valence electrons. The predicted molar refractivity (Wildman–Crippen MR) is 153 cm³/mol. The SMILES string of the molecule is COc1ccc2c(c1OC)[C@H](C1CCCC1)N1CCc3cc4c(cc3C1=C2CCCc1ccccc1)OCO4. The Hall–Kier alpha value is -3.60. The van der Waals surface area contributed by atoms with Crippen molar-refractivity contribution in [3.05, 3.63) is 82.4 Å². The molecule has 3 aromatic carbocycles. The summed E-state index contributed by atoms with van der Waals surface area (Å²) in [4.78, 5) is 2.72. The largest absolute Gasteiger partial charge is 0.493 e. The minimum absolute atomic E-state index is 0.277. The minimum atomic E-state index is 0.277. The zero-order chi connectivity index (χ0) is 26.3. The van der Waals surface area contributed by atoms with E-state index >= 15 is 0 Å². The van der Waals surface area contributed by atoms with Crippen molar-refractivity contribution in [1.82, 2.24) is 4.90 Å². The van der Waals surface area contributed by atoms with E-state index in [2.05, 4.69) is 59.5 Å². The molecule has 0 aromatic heterocycles. The van der Waals surface area contributed by atoms with E-state index in [0.717, 1.165) is 55.2 Å². The molecule has 4 aliphatic rings. The van der Waals surface area contributed by atoms with Crippen molar-refractivity contribution >= 4 is 11.3 Å². The highest BCUT2D eigenvalue weighted by atomic mass is 16.7. The monoisotopic (exact) mass is 523 g/mol. The summed E-state index contributed by atoms with van der Waals surface area (Å²) in [6.07, 6.45) is 9.24. The lowest BCUT2D eigenvalue weighted by Gasteiger charge is -2.48. The van der Waals surface area contributed by atoms with Crippen molar-refractivity contribution in [2.45, 2.75) is 57.4 Å². The maximum atomic E-state index is 6.15. The first-order valence-electron chi connectivity index (χ1n) is 14.5. The van der Waals surface area contributed by atoms with Gasteiger partial charge in [-0.25, -0.2) is 0 Å². The number of hydrogen-bond acceptors (Lipinski definition) is 5. The second kappa shape index (κ2) is 10.2. The van der Waals surface area contributed by atoms with E-state index in [1.165, 1.54) is 64.8 Å². The van der Waals surface area contributed by atoms with Gasteiger partial charge in [0.2, 0.25) is 6.79 Å². The molecular weight excluding hydrogens is 486 g/mol. The Morgan fingerprint density at radius 3 is 2.44 bits per heavy atom. The maximum Gasteiger partial charge on any atom is 0.231 e. The fraction of sp³-hybridized carbons (Fsp3) is 0.412. The Labute approximate surface area is 231 Å². The quantitative estimate of drug-likeness (QED) is 0.322. The normalized spacial score (nSPS) is 19.5. The molecule has 1 aliphatic carbocycles. The van der Waals surface area contributed by atoms with Gasteiger partial charge in [-0.2, -0.15) is 0 Å². The molecule has 0 amide bonds. The van der Waals surface area contributed by atoms with Gasteiger partial charge in [0.25, 0.3) is 0 Å². The number of methoxy groups -OCH3 is 2. The van der Waals surface area contributed by atoms with Crippen LogP contribution in [0.4, 0.5) is 0 Å². The van der Waals surface area contributed by atoms with Crippen LogP contribution in [0.3, 0.4) is 0 Å². The lowest BCUT2D eigenvalue weighted by atomic mass is 9.76. The molecule has 1 saturated carbocycles. The average Bonchev–Trinajstić information content (AvgIpc) is 3.67. The predicted octanol–water partition coefficient (Wildman–Crippen LogP) is 7.43. The van der Waals surface area contributed by atoms with Crippen molar-refractivity contribution in [1.29, 1.82) is 0 Å². The molecule has 5 nitrogen and oxygen atoms in total. The summed E-state index contributed by atoms with van der Waals surface area (Å²) in [6.45, 7) is 1.29. The van der Waals surface area contributed by atoms with E-state index in [1.54, 1.807) is 14.2 Å². The molecule has 3 aromatic rings. The van der Waals surface area contributed by atoms with Gasteiger partial charge in [-0.15, -0.1) is 0 Å². The van der Waals surface area contributed by atoms with Crippen LogP contribution in [0.5, 0.6) is 23.0 Å². The highest BCUT2D eigenvalue weighted by Crippen LogP contribution is 2.57. The number of nitrogens with zero attached hydrogens (tertiary/aromatic N) is 1. The lowest BCUT2D eigenvalue weighted by Crippen LogP contribution is -2.40. The third-order valence-electron chi connectivity index (χ3n) is 9.17. The summed E-state index contributed by atoms with van der Waals surface area (Å²) in [5.41, 5.74) is 9.51. The Morgan fingerprint density at radius 1 is 0.872 bits per heavy atom. The van der Waals surface area contributed by atoms with E-state index in [-0.39, 0.29) is 6.04 Å². The average molecular weight is 524 g/mol. The smallest absolute Gasteiger partial charge is 0.231 e. The van der Waals surface area contributed by atoms with Crippen molar-refractivity contribution in [2.24, 2.45) is 5.92 Å². The van der Waals surface area contributed by atoms with E-state index < -0.39 is 0 Å². The third-order valence-corrected chi connectivity index (χ3v) is 9.17. The first-order valence-corrected chi connectivity index (χ1v) is 14.5. The van der Waals surface area contributed by atoms with Gasteiger partial charge in [-0.3, -0.25) is 0 Å². The van der Waals surface area contributed by atoms with Crippen LogP contribution in [-0.2, 0) is 12.8 Å². The molecule has 0 bridgehead atoms. The van der Waals surface area contributed by atoms with Gasteiger partial charge in [0.1, 0.15) is 0 Å².